The Morgan fingerprint density at radius 1 is 1.44 bits per heavy atom. The van der Waals surface area contributed by atoms with E-state index in [2.05, 4.69) is 0 Å². The van der Waals surface area contributed by atoms with E-state index < -0.39 is 28.2 Å². The summed E-state index contributed by atoms with van der Waals surface area (Å²) < 4.78 is 28.3. The standard InChI is InChI=1S/C11H10O6S/c1-18(15,16)10-6(4-9(12)13)2-3-7-8(10)5-17-11(7)14/h2-3H,4-5H2,1H3,(H,12,13). The van der Waals surface area contributed by atoms with Crippen LogP contribution >= 0.6 is 0 Å². The van der Waals surface area contributed by atoms with Crippen LogP contribution in [-0.2, 0) is 32.4 Å². The molecule has 0 amide bonds. The van der Waals surface area contributed by atoms with E-state index in [0.29, 0.717) is 0 Å². The first-order valence-electron chi connectivity index (χ1n) is 5.04. The van der Waals surface area contributed by atoms with Gasteiger partial charge in [-0.3, -0.25) is 4.79 Å². The maximum absolute atomic E-state index is 11.7. The smallest absolute Gasteiger partial charge is 0.338 e. The second kappa shape index (κ2) is 4.09. The number of carbonyl (C=O) groups is 2. The van der Waals surface area contributed by atoms with Gasteiger partial charge in [-0.1, -0.05) is 6.07 Å². The van der Waals surface area contributed by atoms with Crippen LogP contribution in [0.3, 0.4) is 0 Å². The van der Waals surface area contributed by atoms with Gasteiger partial charge in [-0.15, -0.1) is 0 Å². The lowest BCUT2D eigenvalue weighted by Gasteiger charge is -2.09. The molecule has 18 heavy (non-hydrogen) atoms. The highest BCUT2D eigenvalue weighted by atomic mass is 32.2. The lowest BCUT2D eigenvalue weighted by molar-refractivity contribution is -0.136. The van der Waals surface area contributed by atoms with Crippen LogP contribution in [0.15, 0.2) is 17.0 Å². The Morgan fingerprint density at radius 2 is 2.11 bits per heavy atom. The first-order valence-corrected chi connectivity index (χ1v) is 6.93. The molecule has 96 valence electrons. The maximum Gasteiger partial charge on any atom is 0.338 e. The molecule has 0 fully saturated rings. The molecule has 1 aromatic carbocycles. The Morgan fingerprint density at radius 3 is 2.67 bits per heavy atom. The number of hydrogen-bond acceptors (Lipinski definition) is 5. The lowest BCUT2D eigenvalue weighted by atomic mass is 10.0. The average molecular weight is 270 g/mol. The van der Waals surface area contributed by atoms with Crippen molar-refractivity contribution in [2.24, 2.45) is 0 Å². The molecule has 0 spiro atoms. The van der Waals surface area contributed by atoms with Gasteiger partial charge in [0.05, 0.1) is 16.9 Å². The zero-order valence-corrected chi connectivity index (χ0v) is 10.3. The van der Waals surface area contributed by atoms with Crippen molar-refractivity contribution >= 4 is 21.8 Å². The third kappa shape index (κ3) is 2.08. The fourth-order valence-corrected chi connectivity index (χ4v) is 3.22. The molecular formula is C11H10O6S. The topological polar surface area (TPSA) is 97.7 Å². The fraction of sp³-hybridized carbons (Fsp3) is 0.273. The van der Waals surface area contributed by atoms with Crippen LogP contribution in [-0.4, -0.2) is 31.7 Å². The summed E-state index contributed by atoms with van der Waals surface area (Å²) in [5.74, 6) is -1.72. The highest BCUT2D eigenvalue weighted by Gasteiger charge is 2.30. The van der Waals surface area contributed by atoms with Crippen LogP contribution in [0.25, 0.3) is 0 Å². The molecule has 0 saturated heterocycles. The largest absolute Gasteiger partial charge is 0.481 e. The molecule has 0 aliphatic carbocycles. The Balaban J connectivity index is 2.71. The molecule has 1 N–H and O–H groups in total. The molecule has 7 heteroatoms. The number of aliphatic carboxylic acids is 1. The Hall–Kier alpha value is -1.89. The van der Waals surface area contributed by atoms with Gasteiger partial charge >= 0.3 is 11.9 Å². The maximum atomic E-state index is 11.7. The number of carboxylic acids is 1. The second-order valence-electron chi connectivity index (χ2n) is 4.00. The first-order chi connectivity index (χ1) is 8.30. The van der Waals surface area contributed by atoms with Gasteiger partial charge in [-0.05, 0) is 11.6 Å². The van der Waals surface area contributed by atoms with Gasteiger partial charge in [0.15, 0.2) is 9.84 Å². The SMILES string of the molecule is CS(=O)(=O)c1c(CC(=O)O)ccc2c1COC2=O. The number of benzene rings is 1. The third-order valence-corrected chi connectivity index (χ3v) is 3.87. The minimum atomic E-state index is -3.62. The summed E-state index contributed by atoms with van der Waals surface area (Å²) in [7, 11) is -3.62. The molecule has 0 radical (unpaired) electrons. The molecule has 1 aliphatic rings. The average Bonchev–Trinajstić information content (AvgIpc) is 2.57. The van der Waals surface area contributed by atoms with Crippen LogP contribution in [0.1, 0.15) is 21.5 Å². The molecule has 0 saturated carbocycles. The Labute approximate surface area is 103 Å². The van der Waals surface area contributed by atoms with E-state index in [4.69, 9.17) is 9.84 Å². The summed E-state index contributed by atoms with van der Waals surface area (Å²) in [6.45, 7) is -0.135. The molecule has 0 atom stereocenters. The zero-order chi connectivity index (χ0) is 13.5. The molecule has 1 heterocycles. The van der Waals surface area contributed by atoms with Gasteiger partial charge in [0.25, 0.3) is 0 Å². The Kier molecular flexibility index (Phi) is 2.86. The molecular weight excluding hydrogens is 260 g/mol. The summed E-state index contributed by atoms with van der Waals surface area (Å²) in [6, 6.07) is 2.74. The van der Waals surface area contributed by atoms with Gasteiger partial charge in [0.1, 0.15) is 6.61 Å². The van der Waals surface area contributed by atoms with E-state index in [1.165, 1.54) is 12.1 Å². The van der Waals surface area contributed by atoms with Crippen molar-refractivity contribution in [3.8, 4) is 0 Å². The zero-order valence-electron chi connectivity index (χ0n) is 9.47. The minimum absolute atomic E-state index is 0.103. The van der Waals surface area contributed by atoms with Crippen molar-refractivity contribution < 1.29 is 27.9 Å². The third-order valence-electron chi connectivity index (χ3n) is 2.62. The van der Waals surface area contributed by atoms with Crippen LogP contribution in [0.5, 0.6) is 0 Å². The number of sulfone groups is 1. The van der Waals surface area contributed by atoms with Gasteiger partial charge in [0.2, 0.25) is 0 Å². The van der Waals surface area contributed by atoms with Gasteiger partial charge in [0, 0.05) is 11.8 Å². The summed E-state index contributed by atoms with van der Waals surface area (Å²) in [5.41, 5.74) is 0.605. The van der Waals surface area contributed by atoms with E-state index in [0.717, 1.165) is 6.26 Å². The predicted molar refractivity (Wildman–Crippen MR) is 60.0 cm³/mol. The summed E-state index contributed by atoms with van der Waals surface area (Å²) in [4.78, 5) is 22.0. The van der Waals surface area contributed by atoms with E-state index in [1.807, 2.05) is 0 Å². The molecule has 2 rings (SSSR count). The second-order valence-corrected chi connectivity index (χ2v) is 5.95. The van der Waals surface area contributed by atoms with E-state index in [1.54, 1.807) is 0 Å². The highest BCUT2D eigenvalue weighted by molar-refractivity contribution is 7.90. The normalized spacial score (nSPS) is 14.2. The van der Waals surface area contributed by atoms with Gasteiger partial charge in [-0.25, -0.2) is 13.2 Å². The Bertz CT molecular complexity index is 644. The van der Waals surface area contributed by atoms with Crippen LogP contribution in [0.2, 0.25) is 0 Å². The fourth-order valence-electron chi connectivity index (χ4n) is 1.99. The number of rotatable bonds is 3. The predicted octanol–water partition coefficient (Wildman–Crippen LogP) is 0.388. The number of hydrogen-bond donors (Lipinski definition) is 1. The lowest BCUT2D eigenvalue weighted by Crippen LogP contribution is -2.11. The monoisotopic (exact) mass is 270 g/mol. The number of carbonyl (C=O) groups excluding carboxylic acids is 1. The van der Waals surface area contributed by atoms with Crippen LogP contribution in [0, 0.1) is 0 Å². The molecule has 1 aliphatic heterocycles. The van der Waals surface area contributed by atoms with Crippen molar-refractivity contribution in [2.75, 3.05) is 6.26 Å². The van der Waals surface area contributed by atoms with Crippen molar-refractivity contribution in [3.05, 3.63) is 28.8 Å². The van der Waals surface area contributed by atoms with Crippen molar-refractivity contribution in [1.82, 2.24) is 0 Å². The minimum Gasteiger partial charge on any atom is -0.481 e. The van der Waals surface area contributed by atoms with Crippen LogP contribution in [0.4, 0.5) is 0 Å². The number of carboxylic acid groups (broad SMARTS) is 1. The molecule has 0 bridgehead atoms. The van der Waals surface area contributed by atoms with Gasteiger partial charge < -0.3 is 9.84 Å². The molecule has 0 aromatic heterocycles. The number of ether oxygens (including phenoxy) is 1. The van der Waals surface area contributed by atoms with E-state index in [9.17, 15) is 18.0 Å². The van der Waals surface area contributed by atoms with Crippen molar-refractivity contribution in [3.63, 3.8) is 0 Å². The van der Waals surface area contributed by atoms with Crippen molar-refractivity contribution in [2.45, 2.75) is 17.9 Å². The quantitative estimate of drug-likeness (QED) is 0.798. The van der Waals surface area contributed by atoms with E-state index >= 15 is 0 Å². The summed E-state index contributed by atoms with van der Waals surface area (Å²) in [6.07, 6.45) is 0.570. The first kappa shape index (κ1) is 12.6. The molecule has 1 aromatic rings. The summed E-state index contributed by atoms with van der Waals surface area (Å²) in [5, 5.41) is 8.76. The molecule has 6 nitrogen and oxygen atoms in total. The van der Waals surface area contributed by atoms with Gasteiger partial charge in [-0.2, -0.15) is 0 Å². The number of fused-ring (bicyclic) bond motifs is 1. The number of cyclic esters (lactones) is 1. The summed E-state index contributed by atoms with van der Waals surface area (Å²) >= 11 is 0. The van der Waals surface area contributed by atoms with E-state index in [-0.39, 0.29) is 28.2 Å². The molecule has 0 unspecified atom stereocenters. The van der Waals surface area contributed by atoms with Crippen molar-refractivity contribution in [1.29, 1.82) is 0 Å². The number of esters is 1. The van der Waals surface area contributed by atoms with Crippen LogP contribution < -0.4 is 0 Å². The highest BCUT2D eigenvalue weighted by Crippen LogP contribution is 2.30.